The van der Waals surface area contributed by atoms with Gasteiger partial charge in [0.1, 0.15) is 5.75 Å². The number of phenols is 1. The van der Waals surface area contributed by atoms with Crippen LogP contribution in [0.25, 0.3) is 0 Å². The van der Waals surface area contributed by atoms with Crippen LogP contribution in [-0.2, 0) is 21.2 Å². The van der Waals surface area contributed by atoms with Crippen molar-refractivity contribution in [3.63, 3.8) is 0 Å². The molecule has 0 saturated carbocycles. The second-order valence-corrected chi connectivity index (χ2v) is 12.8. The third-order valence-corrected chi connectivity index (χ3v) is 9.91. The number of sulfonamides is 1. The lowest BCUT2D eigenvalue weighted by Gasteiger charge is -2.40. The fourth-order valence-electron chi connectivity index (χ4n) is 4.89. The molecule has 1 aromatic carbocycles. The lowest BCUT2D eigenvalue weighted by atomic mass is 9.79. The van der Waals surface area contributed by atoms with Crippen molar-refractivity contribution in [3.05, 3.63) is 26.6 Å². The first-order valence-electron chi connectivity index (χ1n) is 11.1. The van der Waals surface area contributed by atoms with Crippen molar-refractivity contribution in [1.29, 1.82) is 0 Å². The van der Waals surface area contributed by atoms with Gasteiger partial charge in [-0.25, -0.2) is 12.7 Å². The summed E-state index contributed by atoms with van der Waals surface area (Å²) in [5, 5.41) is 9.88. The van der Waals surface area contributed by atoms with Crippen LogP contribution in [-0.4, -0.2) is 60.6 Å². The van der Waals surface area contributed by atoms with Crippen molar-refractivity contribution in [2.45, 2.75) is 46.0 Å². The van der Waals surface area contributed by atoms with Gasteiger partial charge in [0.05, 0.1) is 14.7 Å². The second-order valence-electron chi connectivity index (χ2n) is 8.81. The molecule has 0 unspecified atom stereocenters. The van der Waals surface area contributed by atoms with Gasteiger partial charge in [-0.3, -0.25) is 4.79 Å². The Morgan fingerprint density at radius 1 is 1.06 bits per heavy atom. The Labute approximate surface area is 202 Å². The molecule has 2 heterocycles. The number of likely N-dealkylation sites (tertiary alicyclic amines) is 1. The first-order valence-corrected chi connectivity index (χ1v) is 14.2. The summed E-state index contributed by atoms with van der Waals surface area (Å²) < 4.78 is 27.0. The van der Waals surface area contributed by atoms with E-state index in [0.29, 0.717) is 40.3 Å². The Kier molecular flexibility index (Phi) is 8.49. The number of carbonyl (C=O) groups is 1. The Hall–Kier alpha value is -0.640. The maximum atomic E-state index is 13.0. The average Bonchev–Trinajstić information content (AvgIpc) is 2.77. The number of rotatable bonds is 6. The van der Waals surface area contributed by atoms with Gasteiger partial charge in [0.25, 0.3) is 0 Å². The highest BCUT2D eigenvalue weighted by molar-refractivity contribution is 9.11. The number of halogens is 2. The van der Waals surface area contributed by atoms with Crippen molar-refractivity contribution in [2.75, 3.05) is 31.9 Å². The molecule has 2 aliphatic rings. The summed E-state index contributed by atoms with van der Waals surface area (Å²) in [6.45, 7) is 6.50. The van der Waals surface area contributed by atoms with Gasteiger partial charge in [-0.05, 0) is 100 Å². The minimum absolute atomic E-state index is 0.123. The largest absolute Gasteiger partial charge is 0.506 e. The molecule has 2 fully saturated rings. The minimum atomic E-state index is -3.08. The molecule has 3 rings (SSSR count). The van der Waals surface area contributed by atoms with Crippen LogP contribution in [0.2, 0.25) is 0 Å². The van der Waals surface area contributed by atoms with Crippen LogP contribution in [0.4, 0.5) is 0 Å². The second kappa shape index (κ2) is 10.5. The lowest BCUT2D eigenvalue weighted by molar-refractivity contribution is -0.136. The zero-order valence-electron chi connectivity index (χ0n) is 18.2. The van der Waals surface area contributed by atoms with Crippen molar-refractivity contribution in [1.82, 2.24) is 9.21 Å². The number of aromatic hydroxyl groups is 1. The maximum absolute atomic E-state index is 13.0. The fraction of sp³-hybridized carbons (Fsp3) is 0.682. The quantitative estimate of drug-likeness (QED) is 0.542. The smallest absolute Gasteiger partial charge is 0.225 e. The summed E-state index contributed by atoms with van der Waals surface area (Å²) in [6.07, 6.45) is 4.48. The molecular weight excluding hydrogens is 548 g/mol. The number of piperidine rings is 2. The molecule has 2 aliphatic heterocycles. The molecule has 1 N–H and O–H groups in total. The molecule has 6 nitrogen and oxygen atoms in total. The Balaban J connectivity index is 1.49. The summed E-state index contributed by atoms with van der Waals surface area (Å²) in [7, 11) is -3.08. The van der Waals surface area contributed by atoms with E-state index in [1.54, 1.807) is 11.2 Å². The molecule has 9 heteroatoms. The number of amides is 1. The molecule has 2 saturated heterocycles. The van der Waals surface area contributed by atoms with E-state index in [2.05, 4.69) is 31.9 Å². The van der Waals surface area contributed by atoms with Crippen molar-refractivity contribution in [3.8, 4) is 5.75 Å². The van der Waals surface area contributed by atoms with Crippen molar-refractivity contribution in [2.24, 2.45) is 17.8 Å². The van der Waals surface area contributed by atoms with Crippen LogP contribution < -0.4 is 0 Å². The molecule has 0 aliphatic carbocycles. The molecule has 1 atom stereocenters. The summed E-state index contributed by atoms with van der Waals surface area (Å²) in [5.41, 5.74) is 1.00. The van der Waals surface area contributed by atoms with Gasteiger partial charge in [-0.2, -0.15) is 0 Å². The van der Waals surface area contributed by atoms with E-state index >= 15 is 0 Å². The molecular formula is C22H32Br2N2O4S. The average molecular weight is 580 g/mol. The lowest BCUT2D eigenvalue weighted by Crippen LogP contribution is -2.45. The van der Waals surface area contributed by atoms with Crippen LogP contribution in [0, 0.1) is 17.8 Å². The molecule has 0 radical (unpaired) electrons. The number of hydrogen-bond acceptors (Lipinski definition) is 4. The zero-order valence-corrected chi connectivity index (χ0v) is 22.2. The maximum Gasteiger partial charge on any atom is 0.225 e. The number of nitrogens with zero attached hydrogens (tertiary/aromatic N) is 2. The zero-order chi connectivity index (χ0) is 22.8. The summed E-state index contributed by atoms with van der Waals surface area (Å²) in [6, 6.07) is 3.72. The van der Waals surface area contributed by atoms with Gasteiger partial charge in [-0.15, -0.1) is 0 Å². The first kappa shape index (κ1) is 25.0. The van der Waals surface area contributed by atoms with E-state index in [9.17, 15) is 18.3 Å². The summed E-state index contributed by atoms with van der Waals surface area (Å²) >= 11 is 6.70. The molecule has 1 aromatic rings. The molecule has 1 amide bonds. The Bertz CT molecular complexity index is 870. The van der Waals surface area contributed by atoms with Gasteiger partial charge in [0.2, 0.25) is 15.9 Å². The normalized spacial score (nSPS) is 20.7. The number of hydrogen-bond donors (Lipinski definition) is 1. The van der Waals surface area contributed by atoms with Gasteiger partial charge >= 0.3 is 0 Å². The van der Waals surface area contributed by atoms with Crippen LogP contribution in [0.3, 0.4) is 0 Å². The van der Waals surface area contributed by atoms with Gasteiger partial charge < -0.3 is 10.0 Å². The first-order chi connectivity index (χ1) is 14.6. The van der Waals surface area contributed by atoms with E-state index in [1.165, 1.54) is 0 Å². The molecule has 0 bridgehead atoms. The van der Waals surface area contributed by atoms with Gasteiger partial charge in [0, 0.05) is 32.1 Å². The van der Waals surface area contributed by atoms with Crippen molar-refractivity contribution < 1.29 is 18.3 Å². The van der Waals surface area contributed by atoms with Gasteiger partial charge in [-0.1, -0.05) is 6.92 Å². The monoisotopic (exact) mass is 578 g/mol. The standard InChI is InChI=1S/C22H32Br2N2O4S/c1-3-31(29,30)26-10-6-18(7-11-26)17-4-8-25(9-5-17)22(28)15(2)12-16-13-19(23)21(27)20(24)14-16/h13-15,17-18,27H,3-12H2,1-2H3/t15-/m1/s1. The van der Waals surface area contributed by atoms with Crippen LogP contribution in [0.1, 0.15) is 45.1 Å². The van der Waals surface area contributed by atoms with E-state index in [4.69, 9.17) is 0 Å². The van der Waals surface area contributed by atoms with Gasteiger partial charge in [0.15, 0.2) is 0 Å². The summed E-state index contributed by atoms with van der Waals surface area (Å²) in [5.74, 6) is 1.54. The Morgan fingerprint density at radius 2 is 1.55 bits per heavy atom. The summed E-state index contributed by atoms with van der Waals surface area (Å²) in [4.78, 5) is 15.0. The predicted molar refractivity (Wildman–Crippen MR) is 129 cm³/mol. The van der Waals surface area contributed by atoms with E-state index in [-0.39, 0.29) is 23.3 Å². The molecule has 0 aromatic heterocycles. The van der Waals surface area contributed by atoms with E-state index in [1.807, 2.05) is 24.0 Å². The topological polar surface area (TPSA) is 77.9 Å². The highest BCUT2D eigenvalue weighted by atomic mass is 79.9. The Morgan fingerprint density at radius 3 is 2.03 bits per heavy atom. The highest BCUT2D eigenvalue weighted by Gasteiger charge is 2.34. The highest BCUT2D eigenvalue weighted by Crippen LogP contribution is 2.35. The number of phenolic OH excluding ortho intramolecular Hbond substituents is 1. The molecule has 174 valence electrons. The number of carbonyl (C=O) groups excluding carboxylic acids is 1. The van der Waals surface area contributed by atoms with E-state index in [0.717, 1.165) is 44.3 Å². The van der Waals surface area contributed by atoms with E-state index < -0.39 is 10.0 Å². The SMILES string of the molecule is CCS(=O)(=O)N1CCC(C2CCN(C(=O)[C@H](C)Cc3cc(Br)c(O)c(Br)c3)CC2)CC1. The minimum Gasteiger partial charge on any atom is -0.506 e. The predicted octanol–water partition coefficient (Wildman–Crippen LogP) is 4.40. The third-order valence-electron chi connectivity index (χ3n) is 6.81. The van der Waals surface area contributed by atoms with Crippen molar-refractivity contribution >= 4 is 47.8 Å². The van der Waals surface area contributed by atoms with Crippen LogP contribution in [0.5, 0.6) is 5.75 Å². The van der Waals surface area contributed by atoms with Crippen LogP contribution in [0.15, 0.2) is 21.1 Å². The number of benzene rings is 1. The molecule has 31 heavy (non-hydrogen) atoms. The third kappa shape index (κ3) is 6.03. The molecule has 0 spiro atoms. The fourth-order valence-corrected chi connectivity index (χ4v) is 7.30. The van der Waals surface area contributed by atoms with Crippen LogP contribution >= 0.6 is 31.9 Å².